The first kappa shape index (κ1) is 21.5. The zero-order valence-electron chi connectivity index (χ0n) is 18.0. The highest BCUT2D eigenvalue weighted by atomic mass is 32.1. The summed E-state index contributed by atoms with van der Waals surface area (Å²) < 4.78 is 5.40. The van der Waals surface area contributed by atoms with Gasteiger partial charge in [0.15, 0.2) is 0 Å². The number of aliphatic imine (C=N–C) groups is 1. The Morgan fingerprint density at radius 1 is 1.06 bits per heavy atom. The maximum absolute atomic E-state index is 13.0. The molecule has 1 saturated heterocycles. The minimum atomic E-state index is -1.04. The topological polar surface area (TPSA) is 83.0 Å². The van der Waals surface area contributed by atoms with Crippen LogP contribution >= 0.6 is 11.3 Å². The summed E-state index contributed by atoms with van der Waals surface area (Å²) in [5.74, 6) is -0.678. The minimum Gasteiger partial charge on any atom is -0.379 e. The number of fused-ring (bicyclic) bond motifs is 1. The predicted octanol–water partition coefficient (Wildman–Crippen LogP) is 3.13. The van der Waals surface area contributed by atoms with E-state index in [0.29, 0.717) is 16.3 Å². The highest BCUT2D eigenvalue weighted by molar-refractivity contribution is 7.14. The van der Waals surface area contributed by atoms with Crippen molar-refractivity contribution in [3.05, 3.63) is 87.6 Å². The molecule has 0 bridgehead atoms. The molecule has 33 heavy (non-hydrogen) atoms. The Morgan fingerprint density at radius 3 is 2.64 bits per heavy atom. The Bertz CT molecular complexity index is 1190. The molecule has 2 N–H and O–H groups in total. The van der Waals surface area contributed by atoms with Gasteiger partial charge < -0.3 is 15.4 Å². The van der Waals surface area contributed by atoms with E-state index in [1.165, 1.54) is 11.3 Å². The molecule has 8 heteroatoms. The van der Waals surface area contributed by atoms with Crippen molar-refractivity contribution in [2.45, 2.75) is 12.7 Å². The van der Waals surface area contributed by atoms with Crippen molar-refractivity contribution >= 4 is 34.6 Å². The number of rotatable bonds is 5. The third-order valence-corrected chi connectivity index (χ3v) is 6.70. The Kier molecular flexibility index (Phi) is 6.30. The zero-order valence-corrected chi connectivity index (χ0v) is 18.8. The lowest BCUT2D eigenvalue weighted by atomic mass is 10.0. The van der Waals surface area contributed by atoms with Crippen molar-refractivity contribution in [3.63, 3.8) is 0 Å². The lowest BCUT2D eigenvalue weighted by Gasteiger charge is -2.25. The SMILES string of the molecule is O=C(N[C@H]1N=C(c2ccccc2)c2ccccc2NC1=O)c1ccc(CN2CCOCC2)s1. The molecule has 3 heterocycles. The highest BCUT2D eigenvalue weighted by Gasteiger charge is 2.27. The van der Waals surface area contributed by atoms with E-state index in [1.807, 2.05) is 60.7 Å². The normalized spacial score (nSPS) is 18.6. The highest BCUT2D eigenvalue weighted by Crippen LogP contribution is 2.24. The fourth-order valence-electron chi connectivity index (χ4n) is 3.94. The van der Waals surface area contributed by atoms with Crippen LogP contribution < -0.4 is 10.6 Å². The first-order valence-corrected chi connectivity index (χ1v) is 11.7. The van der Waals surface area contributed by atoms with E-state index in [4.69, 9.17) is 4.74 Å². The first-order valence-electron chi connectivity index (χ1n) is 10.9. The lowest BCUT2D eigenvalue weighted by Crippen LogP contribution is -2.42. The van der Waals surface area contributed by atoms with Crippen LogP contribution in [0.15, 0.2) is 71.7 Å². The summed E-state index contributed by atoms with van der Waals surface area (Å²) in [6, 6.07) is 21.0. The molecule has 0 radical (unpaired) electrons. The molecule has 0 aliphatic carbocycles. The van der Waals surface area contributed by atoms with Gasteiger partial charge in [-0.15, -0.1) is 11.3 Å². The van der Waals surface area contributed by atoms with Gasteiger partial charge in [-0.3, -0.25) is 14.5 Å². The molecule has 2 amide bonds. The molecule has 0 spiro atoms. The van der Waals surface area contributed by atoms with E-state index >= 15 is 0 Å². The summed E-state index contributed by atoms with van der Waals surface area (Å²) in [5, 5.41) is 5.72. The second-order valence-corrected chi connectivity index (χ2v) is 9.08. The van der Waals surface area contributed by atoms with E-state index in [9.17, 15) is 9.59 Å². The van der Waals surface area contributed by atoms with Gasteiger partial charge >= 0.3 is 0 Å². The van der Waals surface area contributed by atoms with Gasteiger partial charge in [-0.2, -0.15) is 0 Å². The molecule has 1 fully saturated rings. The van der Waals surface area contributed by atoms with Crippen molar-refractivity contribution < 1.29 is 14.3 Å². The molecule has 0 saturated carbocycles. The Morgan fingerprint density at radius 2 is 1.82 bits per heavy atom. The Labute approximate surface area is 196 Å². The number of carbonyl (C=O) groups excluding carboxylic acids is 2. The van der Waals surface area contributed by atoms with Crippen molar-refractivity contribution in [1.29, 1.82) is 0 Å². The summed E-state index contributed by atoms with van der Waals surface area (Å²) >= 11 is 1.44. The molecule has 2 aliphatic heterocycles. The van der Waals surface area contributed by atoms with E-state index in [2.05, 4.69) is 20.5 Å². The molecule has 3 aromatic rings. The van der Waals surface area contributed by atoms with Crippen LogP contribution in [0.5, 0.6) is 0 Å². The Balaban J connectivity index is 1.37. The summed E-state index contributed by atoms with van der Waals surface area (Å²) in [6.45, 7) is 4.04. The summed E-state index contributed by atoms with van der Waals surface area (Å²) in [4.78, 5) is 34.6. The molecule has 1 atom stereocenters. The smallest absolute Gasteiger partial charge is 0.269 e. The van der Waals surface area contributed by atoms with Gasteiger partial charge in [0.1, 0.15) is 0 Å². The lowest BCUT2D eigenvalue weighted by molar-refractivity contribution is -0.117. The number of hydrogen-bond donors (Lipinski definition) is 2. The average molecular weight is 461 g/mol. The average Bonchev–Trinajstić information content (AvgIpc) is 3.26. The molecular formula is C25H24N4O3S. The van der Waals surface area contributed by atoms with Gasteiger partial charge in [-0.1, -0.05) is 48.5 Å². The van der Waals surface area contributed by atoms with Crippen LogP contribution in [0.1, 0.15) is 25.7 Å². The van der Waals surface area contributed by atoms with Crippen molar-refractivity contribution in [2.75, 3.05) is 31.6 Å². The van der Waals surface area contributed by atoms with Gasteiger partial charge in [-0.05, 0) is 18.2 Å². The summed E-state index contributed by atoms with van der Waals surface area (Å²) in [5.41, 5.74) is 3.03. The number of benzene rings is 2. The van der Waals surface area contributed by atoms with Crippen LogP contribution in [0.2, 0.25) is 0 Å². The molecule has 0 unspecified atom stereocenters. The second kappa shape index (κ2) is 9.66. The van der Waals surface area contributed by atoms with Crippen LogP contribution in [0.3, 0.4) is 0 Å². The molecule has 168 valence electrons. The maximum atomic E-state index is 13.0. The minimum absolute atomic E-state index is 0.310. The molecule has 1 aromatic heterocycles. The van der Waals surface area contributed by atoms with Crippen LogP contribution in [-0.4, -0.2) is 54.9 Å². The van der Waals surface area contributed by atoms with Gasteiger partial charge in [0.25, 0.3) is 11.8 Å². The van der Waals surface area contributed by atoms with Crippen molar-refractivity contribution in [2.24, 2.45) is 4.99 Å². The van der Waals surface area contributed by atoms with Gasteiger partial charge in [0.05, 0.1) is 29.5 Å². The number of ether oxygens (including phenoxy) is 1. The summed E-state index contributed by atoms with van der Waals surface area (Å²) in [6.07, 6.45) is -1.04. The van der Waals surface area contributed by atoms with E-state index in [1.54, 1.807) is 6.07 Å². The number of carbonyl (C=O) groups is 2. The molecule has 5 rings (SSSR count). The molecule has 2 aromatic carbocycles. The predicted molar refractivity (Wildman–Crippen MR) is 129 cm³/mol. The second-order valence-electron chi connectivity index (χ2n) is 7.91. The number of nitrogens with zero attached hydrogens (tertiary/aromatic N) is 2. The van der Waals surface area contributed by atoms with Gasteiger partial charge in [0, 0.05) is 35.6 Å². The van der Waals surface area contributed by atoms with Crippen LogP contribution in [-0.2, 0) is 16.1 Å². The monoisotopic (exact) mass is 460 g/mol. The van der Waals surface area contributed by atoms with Crippen molar-refractivity contribution in [3.8, 4) is 0 Å². The number of amides is 2. The quantitative estimate of drug-likeness (QED) is 0.613. The van der Waals surface area contributed by atoms with Crippen LogP contribution in [0.25, 0.3) is 0 Å². The molecule has 7 nitrogen and oxygen atoms in total. The van der Waals surface area contributed by atoms with Crippen LogP contribution in [0.4, 0.5) is 5.69 Å². The Hall–Kier alpha value is -3.33. The number of anilines is 1. The number of para-hydroxylation sites is 1. The third-order valence-electron chi connectivity index (χ3n) is 5.63. The fourth-order valence-corrected chi connectivity index (χ4v) is 4.89. The first-order chi connectivity index (χ1) is 16.2. The third kappa shape index (κ3) is 4.88. The number of nitrogens with one attached hydrogen (secondary N) is 2. The van der Waals surface area contributed by atoms with E-state index in [0.717, 1.165) is 48.9 Å². The summed E-state index contributed by atoms with van der Waals surface area (Å²) in [7, 11) is 0. The number of morpholine rings is 1. The maximum Gasteiger partial charge on any atom is 0.269 e. The largest absolute Gasteiger partial charge is 0.379 e. The number of benzodiazepines with no additional fused rings is 1. The van der Waals surface area contributed by atoms with Gasteiger partial charge in [0.2, 0.25) is 6.17 Å². The fraction of sp³-hybridized carbons (Fsp3) is 0.240. The standard InChI is InChI=1S/C25H24N4O3S/c30-24(21-11-10-18(33-21)16-29-12-14-32-15-13-29)28-23-25(31)26-20-9-5-4-8-19(20)22(27-23)17-6-2-1-3-7-17/h1-11,23H,12-16H2,(H,26,31)(H,28,30)/t23-/m1/s1. The molecule has 2 aliphatic rings. The zero-order chi connectivity index (χ0) is 22.6. The van der Waals surface area contributed by atoms with Crippen LogP contribution in [0, 0.1) is 0 Å². The number of hydrogen-bond acceptors (Lipinski definition) is 6. The number of thiophene rings is 1. The van der Waals surface area contributed by atoms with E-state index in [-0.39, 0.29) is 11.8 Å². The van der Waals surface area contributed by atoms with E-state index < -0.39 is 6.17 Å². The van der Waals surface area contributed by atoms with Crippen molar-refractivity contribution in [1.82, 2.24) is 10.2 Å². The molecular weight excluding hydrogens is 436 g/mol. The van der Waals surface area contributed by atoms with Gasteiger partial charge in [-0.25, -0.2) is 4.99 Å².